The molecule has 0 aliphatic rings. The molecule has 2 atom stereocenters. The lowest BCUT2D eigenvalue weighted by atomic mass is 10.3. The molecule has 0 fully saturated rings. The van der Waals surface area contributed by atoms with Crippen molar-refractivity contribution in [3.63, 3.8) is 0 Å². The molecule has 1 N–H and O–H groups in total. The van der Waals surface area contributed by atoms with Gasteiger partial charge in [-0.1, -0.05) is 0 Å². The number of rotatable bonds is 8. The summed E-state index contributed by atoms with van der Waals surface area (Å²) in [5.41, 5.74) is 0. The van der Waals surface area contributed by atoms with Crippen LogP contribution in [0.2, 0.25) is 0 Å². The average molecular weight is 241 g/mol. The van der Waals surface area contributed by atoms with Crippen LogP contribution in [0.5, 0.6) is 0 Å². The van der Waals surface area contributed by atoms with E-state index in [2.05, 4.69) is 28.7 Å². The summed E-state index contributed by atoms with van der Waals surface area (Å²) in [4.78, 5) is 4.29. The van der Waals surface area contributed by atoms with Crippen LogP contribution < -0.4 is 5.32 Å². The fraction of sp³-hybridized carbons (Fsp3) is 0.750. The number of hydrogen-bond donors (Lipinski definition) is 1. The van der Waals surface area contributed by atoms with Crippen LogP contribution in [0, 0.1) is 0 Å². The van der Waals surface area contributed by atoms with Crippen LogP contribution >= 0.6 is 0 Å². The lowest BCUT2D eigenvalue weighted by Crippen LogP contribution is -2.25. The summed E-state index contributed by atoms with van der Waals surface area (Å²) in [5, 5.41) is 3.31. The van der Waals surface area contributed by atoms with Crippen molar-refractivity contribution in [1.29, 1.82) is 0 Å². The maximum atomic E-state index is 5.52. The fourth-order valence-corrected chi connectivity index (χ4v) is 1.72. The van der Waals surface area contributed by atoms with Gasteiger partial charge in [0.15, 0.2) is 0 Å². The quantitative estimate of drug-likeness (QED) is 0.753. The molecule has 1 aromatic heterocycles. The minimum atomic E-state index is 0.187. The topological polar surface area (TPSA) is 48.3 Å². The van der Waals surface area contributed by atoms with E-state index in [9.17, 15) is 0 Å². The van der Waals surface area contributed by atoms with E-state index in [4.69, 9.17) is 9.47 Å². The van der Waals surface area contributed by atoms with Gasteiger partial charge < -0.3 is 19.4 Å². The van der Waals surface area contributed by atoms with E-state index in [1.807, 2.05) is 13.1 Å². The standard InChI is InChI=1S/C12H23N3O2/c1-5-17-11(3)8-15-7-6-13-12(15)14-10(2)9-16-4/h6-7,10-11H,5,8-9H2,1-4H3,(H,13,14). The van der Waals surface area contributed by atoms with Crippen LogP contribution in [0.25, 0.3) is 0 Å². The highest BCUT2D eigenvalue weighted by molar-refractivity contribution is 5.27. The number of ether oxygens (including phenoxy) is 2. The molecular formula is C12H23N3O2. The zero-order valence-electron chi connectivity index (χ0n) is 11.1. The van der Waals surface area contributed by atoms with E-state index < -0.39 is 0 Å². The van der Waals surface area contributed by atoms with E-state index >= 15 is 0 Å². The van der Waals surface area contributed by atoms with Gasteiger partial charge in [0, 0.05) is 32.2 Å². The number of nitrogens with zero attached hydrogens (tertiary/aromatic N) is 2. The van der Waals surface area contributed by atoms with Crippen LogP contribution in [-0.4, -0.2) is 42.0 Å². The summed E-state index contributed by atoms with van der Waals surface area (Å²) in [7, 11) is 1.70. The molecule has 2 unspecified atom stereocenters. The SMILES string of the molecule is CCOC(C)Cn1ccnc1NC(C)COC. The summed E-state index contributed by atoms with van der Waals surface area (Å²) in [6, 6.07) is 0.239. The van der Waals surface area contributed by atoms with Crippen LogP contribution in [-0.2, 0) is 16.0 Å². The van der Waals surface area contributed by atoms with E-state index in [1.54, 1.807) is 13.3 Å². The van der Waals surface area contributed by atoms with Gasteiger partial charge in [0.1, 0.15) is 0 Å². The summed E-state index contributed by atoms with van der Waals surface area (Å²) in [6.07, 6.45) is 3.94. The Kier molecular flexibility index (Phi) is 6.00. The van der Waals surface area contributed by atoms with E-state index in [-0.39, 0.29) is 12.1 Å². The number of hydrogen-bond acceptors (Lipinski definition) is 4. The summed E-state index contributed by atoms with van der Waals surface area (Å²) in [6.45, 7) is 8.33. The third kappa shape index (κ3) is 4.75. The van der Waals surface area contributed by atoms with Gasteiger partial charge >= 0.3 is 0 Å². The van der Waals surface area contributed by atoms with Crippen molar-refractivity contribution in [3.05, 3.63) is 12.4 Å². The second kappa shape index (κ2) is 7.29. The normalized spacial score (nSPS) is 14.6. The predicted octanol–water partition coefficient (Wildman–Crippen LogP) is 1.75. The third-order valence-electron chi connectivity index (χ3n) is 2.41. The first kappa shape index (κ1) is 14.0. The first-order valence-electron chi connectivity index (χ1n) is 6.05. The molecule has 0 saturated heterocycles. The molecule has 0 spiro atoms. The van der Waals surface area contributed by atoms with Gasteiger partial charge in [-0.15, -0.1) is 0 Å². The Morgan fingerprint density at radius 1 is 1.47 bits per heavy atom. The minimum Gasteiger partial charge on any atom is -0.383 e. The second-order valence-electron chi connectivity index (χ2n) is 4.17. The Labute approximate surface area is 103 Å². The molecule has 0 aliphatic heterocycles. The Bertz CT molecular complexity index is 286. The number of anilines is 1. The molecule has 5 heteroatoms. The highest BCUT2D eigenvalue weighted by atomic mass is 16.5. The van der Waals surface area contributed by atoms with Crippen LogP contribution in [0.3, 0.4) is 0 Å². The van der Waals surface area contributed by atoms with Crippen molar-refractivity contribution in [2.75, 3.05) is 25.6 Å². The van der Waals surface area contributed by atoms with Gasteiger partial charge in [-0.2, -0.15) is 0 Å². The maximum absolute atomic E-state index is 5.52. The molecule has 1 heterocycles. The van der Waals surface area contributed by atoms with Crippen molar-refractivity contribution in [3.8, 4) is 0 Å². The van der Waals surface area contributed by atoms with Gasteiger partial charge in [-0.05, 0) is 20.8 Å². The van der Waals surface area contributed by atoms with E-state index in [1.165, 1.54) is 0 Å². The Morgan fingerprint density at radius 3 is 2.88 bits per heavy atom. The number of aromatic nitrogens is 2. The second-order valence-corrected chi connectivity index (χ2v) is 4.17. The summed E-state index contributed by atoms with van der Waals surface area (Å²) in [5.74, 6) is 0.862. The number of imidazole rings is 1. The largest absolute Gasteiger partial charge is 0.383 e. The molecule has 0 radical (unpaired) electrons. The first-order chi connectivity index (χ1) is 8.17. The Morgan fingerprint density at radius 2 is 2.24 bits per heavy atom. The van der Waals surface area contributed by atoms with E-state index in [0.717, 1.165) is 19.1 Å². The van der Waals surface area contributed by atoms with Gasteiger partial charge in [-0.3, -0.25) is 0 Å². The van der Waals surface area contributed by atoms with Crippen LogP contribution in [0.15, 0.2) is 12.4 Å². The summed E-state index contributed by atoms with van der Waals surface area (Å²) >= 11 is 0. The monoisotopic (exact) mass is 241 g/mol. The van der Waals surface area contributed by atoms with Crippen molar-refractivity contribution < 1.29 is 9.47 Å². The smallest absolute Gasteiger partial charge is 0.203 e. The molecule has 0 aliphatic carbocycles. The summed E-state index contributed by atoms with van der Waals surface area (Å²) < 4.78 is 12.7. The van der Waals surface area contributed by atoms with Crippen LogP contribution in [0.4, 0.5) is 5.95 Å². The molecule has 0 aromatic carbocycles. The lowest BCUT2D eigenvalue weighted by molar-refractivity contribution is 0.0643. The third-order valence-corrected chi connectivity index (χ3v) is 2.41. The molecule has 98 valence electrons. The van der Waals surface area contributed by atoms with Crippen molar-refractivity contribution in [2.24, 2.45) is 0 Å². The van der Waals surface area contributed by atoms with Gasteiger partial charge in [0.2, 0.25) is 5.95 Å². The van der Waals surface area contributed by atoms with Crippen LogP contribution in [0.1, 0.15) is 20.8 Å². The minimum absolute atomic E-state index is 0.187. The average Bonchev–Trinajstić information content (AvgIpc) is 2.66. The predicted molar refractivity (Wildman–Crippen MR) is 68.3 cm³/mol. The molecule has 0 amide bonds. The zero-order chi connectivity index (χ0) is 12.7. The van der Waals surface area contributed by atoms with Gasteiger partial charge in [0.05, 0.1) is 19.3 Å². The van der Waals surface area contributed by atoms with Gasteiger partial charge in [0.25, 0.3) is 0 Å². The highest BCUT2D eigenvalue weighted by Gasteiger charge is 2.09. The molecule has 5 nitrogen and oxygen atoms in total. The lowest BCUT2D eigenvalue weighted by Gasteiger charge is -2.17. The molecule has 1 rings (SSSR count). The molecule has 0 bridgehead atoms. The van der Waals surface area contributed by atoms with E-state index in [0.29, 0.717) is 6.61 Å². The maximum Gasteiger partial charge on any atom is 0.203 e. The highest BCUT2D eigenvalue weighted by Crippen LogP contribution is 2.08. The fourth-order valence-electron chi connectivity index (χ4n) is 1.72. The molecule has 17 heavy (non-hydrogen) atoms. The van der Waals surface area contributed by atoms with Crippen molar-refractivity contribution in [2.45, 2.75) is 39.5 Å². The van der Waals surface area contributed by atoms with Crippen molar-refractivity contribution >= 4 is 5.95 Å². The number of nitrogens with one attached hydrogen (secondary N) is 1. The molecular weight excluding hydrogens is 218 g/mol. The van der Waals surface area contributed by atoms with Gasteiger partial charge in [-0.25, -0.2) is 4.98 Å². The zero-order valence-corrected chi connectivity index (χ0v) is 11.1. The van der Waals surface area contributed by atoms with Crippen molar-refractivity contribution in [1.82, 2.24) is 9.55 Å². The number of methoxy groups -OCH3 is 1. The Balaban J connectivity index is 2.53. The Hall–Kier alpha value is -1.07. The molecule has 0 saturated carbocycles. The molecule has 1 aromatic rings. The first-order valence-corrected chi connectivity index (χ1v) is 6.05.